The Balaban J connectivity index is 2.29. The zero-order valence-corrected chi connectivity index (χ0v) is 8.08. The standard InChI is InChI=1S/C9H18N2O2/c1-7(6-10)13-9(12)8-2-4-11-5-3-8/h7-8,11H,2-6,10H2,1H3. The van der Waals surface area contributed by atoms with Crippen molar-refractivity contribution >= 4 is 5.97 Å². The van der Waals surface area contributed by atoms with E-state index < -0.39 is 0 Å². The predicted octanol–water partition coefficient (Wildman–Crippen LogP) is -0.124. The first-order valence-corrected chi connectivity index (χ1v) is 4.85. The molecule has 1 atom stereocenters. The summed E-state index contributed by atoms with van der Waals surface area (Å²) < 4.78 is 5.15. The number of carbonyl (C=O) groups excluding carboxylic acids is 1. The molecule has 3 N–H and O–H groups in total. The van der Waals surface area contributed by atoms with Crippen molar-refractivity contribution in [1.82, 2.24) is 5.32 Å². The monoisotopic (exact) mass is 186 g/mol. The fourth-order valence-corrected chi connectivity index (χ4v) is 1.40. The topological polar surface area (TPSA) is 64.3 Å². The number of esters is 1. The molecule has 1 aliphatic heterocycles. The molecule has 0 amide bonds. The fourth-order valence-electron chi connectivity index (χ4n) is 1.40. The quantitative estimate of drug-likeness (QED) is 0.603. The SMILES string of the molecule is CC(CN)OC(=O)C1CCNCC1. The van der Waals surface area contributed by atoms with Gasteiger partial charge in [0.1, 0.15) is 6.10 Å². The molecule has 4 nitrogen and oxygen atoms in total. The molecular weight excluding hydrogens is 168 g/mol. The summed E-state index contributed by atoms with van der Waals surface area (Å²) in [6, 6.07) is 0. The van der Waals surface area contributed by atoms with Crippen LogP contribution in [0.25, 0.3) is 0 Å². The van der Waals surface area contributed by atoms with Crippen molar-refractivity contribution in [2.45, 2.75) is 25.9 Å². The van der Waals surface area contributed by atoms with Gasteiger partial charge in [0.25, 0.3) is 0 Å². The summed E-state index contributed by atoms with van der Waals surface area (Å²) in [5.41, 5.74) is 5.36. The molecule has 0 aromatic heterocycles. The number of nitrogens with one attached hydrogen (secondary N) is 1. The highest BCUT2D eigenvalue weighted by Crippen LogP contribution is 2.13. The van der Waals surface area contributed by atoms with Crippen LogP contribution in [0.1, 0.15) is 19.8 Å². The van der Waals surface area contributed by atoms with Crippen LogP contribution >= 0.6 is 0 Å². The summed E-state index contributed by atoms with van der Waals surface area (Å²) in [6.45, 7) is 4.04. The Bertz CT molecular complexity index is 167. The van der Waals surface area contributed by atoms with Gasteiger partial charge in [-0.25, -0.2) is 0 Å². The van der Waals surface area contributed by atoms with Gasteiger partial charge in [0.2, 0.25) is 0 Å². The van der Waals surface area contributed by atoms with Crippen LogP contribution in [-0.2, 0) is 9.53 Å². The molecule has 1 fully saturated rings. The molecule has 76 valence electrons. The van der Waals surface area contributed by atoms with Gasteiger partial charge in [-0.15, -0.1) is 0 Å². The summed E-state index contributed by atoms with van der Waals surface area (Å²) in [5, 5.41) is 3.20. The molecule has 0 saturated carbocycles. The maximum Gasteiger partial charge on any atom is 0.309 e. The molecule has 1 unspecified atom stereocenters. The van der Waals surface area contributed by atoms with Crippen LogP contribution in [0.5, 0.6) is 0 Å². The summed E-state index contributed by atoms with van der Waals surface area (Å²) in [5.74, 6) is -0.00491. The second-order valence-electron chi connectivity index (χ2n) is 3.51. The molecule has 0 aliphatic carbocycles. The number of hydrogen-bond acceptors (Lipinski definition) is 4. The molecule has 1 heterocycles. The Morgan fingerprint density at radius 3 is 2.77 bits per heavy atom. The third-order valence-electron chi connectivity index (χ3n) is 2.32. The third kappa shape index (κ3) is 3.32. The van der Waals surface area contributed by atoms with Gasteiger partial charge < -0.3 is 15.8 Å². The maximum atomic E-state index is 11.5. The van der Waals surface area contributed by atoms with Gasteiger partial charge in [0, 0.05) is 6.54 Å². The van der Waals surface area contributed by atoms with Gasteiger partial charge in [-0.1, -0.05) is 0 Å². The largest absolute Gasteiger partial charge is 0.461 e. The Labute approximate surface area is 78.8 Å². The highest BCUT2D eigenvalue weighted by atomic mass is 16.5. The highest BCUT2D eigenvalue weighted by Gasteiger charge is 2.23. The van der Waals surface area contributed by atoms with E-state index in [4.69, 9.17) is 10.5 Å². The van der Waals surface area contributed by atoms with Crippen molar-refractivity contribution in [2.75, 3.05) is 19.6 Å². The summed E-state index contributed by atoms with van der Waals surface area (Å²) >= 11 is 0. The minimum Gasteiger partial charge on any atom is -0.461 e. The van der Waals surface area contributed by atoms with Gasteiger partial charge in [-0.3, -0.25) is 4.79 Å². The fraction of sp³-hybridized carbons (Fsp3) is 0.889. The Hall–Kier alpha value is -0.610. The Morgan fingerprint density at radius 1 is 1.62 bits per heavy atom. The Morgan fingerprint density at radius 2 is 2.23 bits per heavy atom. The third-order valence-corrected chi connectivity index (χ3v) is 2.32. The smallest absolute Gasteiger partial charge is 0.309 e. The molecule has 1 aliphatic rings. The van der Waals surface area contributed by atoms with Crippen LogP contribution in [0.4, 0.5) is 0 Å². The van der Waals surface area contributed by atoms with Crippen molar-refractivity contribution < 1.29 is 9.53 Å². The van der Waals surface area contributed by atoms with Gasteiger partial charge in [-0.2, -0.15) is 0 Å². The first-order valence-electron chi connectivity index (χ1n) is 4.85. The lowest BCUT2D eigenvalue weighted by molar-refractivity contribution is -0.153. The molecule has 4 heteroatoms. The number of hydrogen-bond donors (Lipinski definition) is 2. The van der Waals surface area contributed by atoms with Crippen LogP contribution in [-0.4, -0.2) is 31.7 Å². The minimum absolute atomic E-state index is 0.0789. The molecule has 1 rings (SSSR count). The van der Waals surface area contributed by atoms with Crippen molar-refractivity contribution in [1.29, 1.82) is 0 Å². The highest BCUT2D eigenvalue weighted by molar-refractivity contribution is 5.72. The molecule has 0 bridgehead atoms. The number of nitrogens with two attached hydrogens (primary N) is 1. The molecule has 0 aromatic carbocycles. The Kier molecular flexibility index (Phi) is 4.18. The summed E-state index contributed by atoms with van der Waals surface area (Å²) in [6.07, 6.45) is 1.62. The van der Waals surface area contributed by atoms with Crippen molar-refractivity contribution in [2.24, 2.45) is 11.7 Å². The van der Waals surface area contributed by atoms with E-state index in [9.17, 15) is 4.79 Å². The molecular formula is C9H18N2O2. The van der Waals surface area contributed by atoms with Crippen LogP contribution in [0.2, 0.25) is 0 Å². The zero-order valence-electron chi connectivity index (χ0n) is 8.08. The van der Waals surface area contributed by atoms with E-state index in [1.165, 1.54) is 0 Å². The maximum absolute atomic E-state index is 11.5. The summed E-state index contributed by atoms with van der Waals surface area (Å²) in [7, 11) is 0. The summed E-state index contributed by atoms with van der Waals surface area (Å²) in [4.78, 5) is 11.5. The van der Waals surface area contributed by atoms with Crippen molar-refractivity contribution in [3.63, 3.8) is 0 Å². The second kappa shape index (κ2) is 5.19. The van der Waals surface area contributed by atoms with E-state index in [-0.39, 0.29) is 18.0 Å². The zero-order chi connectivity index (χ0) is 9.68. The van der Waals surface area contributed by atoms with Crippen LogP contribution in [0.15, 0.2) is 0 Å². The van der Waals surface area contributed by atoms with Gasteiger partial charge in [-0.05, 0) is 32.9 Å². The molecule has 1 saturated heterocycles. The average molecular weight is 186 g/mol. The lowest BCUT2D eigenvalue weighted by atomic mass is 9.98. The predicted molar refractivity (Wildman–Crippen MR) is 50.2 cm³/mol. The van der Waals surface area contributed by atoms with E-state index in [1.807, 2.05) is 6.92 Å². The lowest BCUT2D eigenvalue weighted by Crippen LogP contribution is -2.35. The number of ether oxygens (including phenoxy) is 1. The molecule has 0 spiro atoms. The van der Waals surface area contributed by atoms with Gasteiger partial charge in [0.15, 0.2) is 0 Å². The van der Waals surface area contributed by atoms with Crippen LogP contribution in [0.3, 0.4) is 0 Å². The molecule has 0 radical (unpaired) electrons. The number of piperidine rings is 1. The number of carbonyl (C=O) groups is 1. The van der Waals surface area contributed by atoms with E-state index in [1.54, 1.807) is 0 Å². The van der Waals surface area contributed by atoms with E-state index >= 15 is 0 Å². The minimum atomic E-state index is -0.151. The second-order valence-corrected chi connectivity index (χ2v) is 3.51. The van der Waals surface area contributed by atoms with E-state index in [0.29, 0.717) is 6.54 Å². The van der Waals surface area contributed by atoms with Crippen LogP contribution in [0, 0.1) is 5.92 Å². The average Bonchev–Trinajstić information content (AvgIpc) is 2.19. The first kappa shape index (κ1) is 10.5. The van der Waals surface area contributed by atoms with Gasteiger partial charge >= 0.3 is 5.97 Å². The normalized spacial score (nSPS) is 21.1. The van der Waals surface area contributed by atoms with Crippen LogP contribution < -0.4 is 11.1 Å². The van der Waals surface area contributed by atoms with Gasteiger partial charge in [0.05, 0.1) is 5.92 Å². The first-order chi connectivity index (χ1) is 6.24. The lowest BCUT2D eigenvalue weighted by Gasteiger charge is -2.22. The number of rotatable bonds is 3. The van der Waals surface area contributed by atoms with Crippen molar-refractivity contribution in [3.8, 4) is 0 Å². The van der Waals surface area contributed by atoms with E-state index in [2.05, 4.69) is 5.32 Å². The molecule has 13 heavy (non-hydrogen) atoms. The van der Waals surface area contributed by atoms with Crippen molar-refractivity contribution in [3.05, 3.63) is 0 Å². The molecule has 0 aromatic rings. The van der Waals surface area contributed by atoms with E-state index in [0.717, 1.165) is 25.9 Å².